The first-order chi connectivity index (χ1) is 11.8. The Kier molecular flexibility index (Phi) is 4.23. The summed E-state index contributed by atoms with van der Waals surface area (Å²) in [5, 5.41) is 10.7. The highest BCUT2D eigenvalue weighted by molar-refractivity contribution is 6.30. The van der Waals surface area contributed by atoms with Gasteiger partial charge in [-0.05, 0) is 38.5 Å². The Labute approximate surface area is 150 Å². The Morgan fingerprint density at radius 2 is 2.08 bits per heavy atom. The molecular weight excluding hydrogens is 338 g/mol. The van der Waals surface area contributed by atoms with Crippen molar-refractivity contribution in [2.24, 2.45) is 5.73 Å². The van der Waals surface area contributed by atoms with Crippen molar-refractivity contribution in [3.8, 4) is 6.07 Å². The van der Waals surface area contributed by atoms with Crippen LogP contribution in [-0.4, -0.2) is 10.8 Å². The van der Waals surface area contributed by atoms with Crippen molar-refractivity contribution in [3.05, 3.63) is 63.3 Å². The van der Waals surface area contributed by atoms with Gasteiger partial charge in [0.2, 0.25) is 5.88 Å². The summed E-state index contributed by atoms with van der Waals surface area (Å²) in [5.41, 5.74) is 8.78. The van der Waals surface area contributed by atoms with Gasteiger partial charge in [-0.2, -0.15) is 5.26 Å². The van der Waals surface area contributed by atoms with Crippen LogP contribution < -0.4 is 5.73 Å². The van der Waals surface area contributed by atoms with Gasteiger partial charge in [-0.25, -0.2) is 4.98 Å². The van der Waals surface area contributed by atoms with Crippen molar-refractivity contribution >= 4 is 28.3 Å². The SMILES string of the molecule is CC(=O)C1=C(C)OC(N)=C(C#N)C1c1cc2ccc(C)cc2nc1Cl. The number of carbonyl (C=O) groups is 1. The summed E-state index contributed by atoms with van der Waals surface area (Å²) in [6.45, 7) is 5.05. The number of carbonyl (C=O) groups excluding carboxylic acids is 1. The summed E-state index contributed by atoms with van der Waals surface area (Å²) in [4.78, 5) is 16.6. The molecule has 0 spiro atoms. The lowest BCUT2D eigenvalue weighted by atomic mass is 9.82. The molecule has 0 aliphatic carbocycles. The van der Waals surface area contributed by atoms with E-state index in [2.05, 4.69) is 4.98 Å². The molecule has 0 radical (unpaired) electrons. The lowest BCUT2D eigenvalue weighted by molar-refractivity contribution is -0.114. The first kappa shape index (κ1) is 17.0. The molecule has 126 valence electrons. The fourth-order valence-corrected chi connectivity index (χ4v) is 3.37. The minimum Gasteiger partial charge on any atom is -0.445 e. The molecule has 0 saturated carbocycles. The highest BCUT2D eigenvalue weighted by Gasteiger charge is 2.35. The van der Waals surface area contributed by atoms with Crippen LogP contribution in [0.25, 0.3) is 10.9 Å². The van der Waals surface area contributed by atoms with Gasteiger partial charge in [0.1, 0.15) is 22.6 Å². The van der Waals surface area contributed by atoms with E-state index in [1.807, 2.05) is 37.3 Å². The quantitative estimate of drug-likeness (QED) is 0.828. The third-order valence-corrected chi connectivity index (χ3v) is 4.55. The van der Waals surface area contributed by atoms with Gasteiger partial charge in [0.05, 0.1) is 11.4 Å². The average Bonchev–Trinajstić information content (AvgIpc) is 2.53. The molecule has 1 aliphatic heterocycles. The maximum absolute atomic E-state index is 12.2. The van der Waals surface area contributed by atoms with Crippen LogP contribution in [0.2, 0.25) is 5.15 Å². The Morgan fingerprint density at radius 3 is 2.72 bits per heavy atom. The van der Waals surface area contributed by atoms with E-state index in [9.17, 15) is 10.1 Å². The monoisotopic (exact) mass is 353 g/mol. The molecule has 1 unspecified atom stereocenters. The van der Waals surface area contributed by atoms with Crippen LogP contribution in [0.15, 0.2) is 47.1 Å². The number of hydrogen-bond acceptors (Lipinski definition) is 5. The Bertz CT molecular complexity index is 1020. The highest BCUT2D eigenvalue weighted by atomic mass is 35.5. The molecular formula is C19H16ClN3O2. The number of nitriles is 1. The molecule has 2 aromatic rings. The lowest BCUT2D eigenvalue weighted by Crippen LogP contribution is -2.23. The van der Waals surface area contributed by atoms with Gasteiger partial charge in [0.25, 0.3) is 0 Å². The maximum atomic E-state index is 12.2. The van der Waals surface area contributed by atoms with Crippen LogP contribution in [-0.2, 0) is 9.53 Å². The number of ketones is 1. The first-order valence-electron chi connectivity index (χ1n) is 7.69. The van der Waals surface area contributed by atoms with E-state index in [0.717, 1.165) is 16.5 Å². The summed E-state index contributed by atoms with van der Waals surface area (Å²) < 4.78 is 5.39. The van der Waals surface area contributed by atoms with Crippen LogP contribution in [0.3, 0.4) is 0 Å². The smallest absolute Gasteiger partial charge is 0.205 e. The predicted octanol–water partition coefficient (Wildman–Crippen LogP) is 3.87. The lowest BCUT2D eigenvalue weighted by Gasteiger charge is -2.27. The number of nitrogens with two attached hydrogens (primary N) is 1. The molecule has 6 heteroatoms. The van der Waals surface area contributed by atoms with Crippen LogP contribution in [0.1, 0.15) is 30.9 Å². The van der Waals surface area contributed by atoms with Gasteiger partial charge < -0.3 is 10.5 Å². The van der Waals surface area contributed by atoms with Gasteiger partial charge in [-0.1, -0.05) is 23.7 Å². The zero-order valence-electron chi connectivity index (χ0n) is 14.1. The Balaban J connectivity index is 2.30. The number of allylic oxidation sites excluding steroid dienone is 3. The highest BCUT2D eigenvalue weighted by Crippen LogP contribution is 2.42. The van der Waals surface area contributed by atoms with Crippen molar-refractivity contribution in [1.82, 2.24) is 4.98 Å². The molecule has 25 heavy (non-hydrogen) atoms. The standard InChI is InChI=1S/C19H16ClN3O2/c1-9-4-5-12-7-13(18(20)23-15(12)6-9)17-14(8-21)19(22)25-11(3)16(17)10(2)24/h4-7,17H,22H2,1-3H3. The van der Waals surface area contributed by atoms with Crippen molar-refractivity contribution in [2.75, 3.05) is 0 Å². The second kappa shape index (κ2) is 6.23. The number of aryl methyl sites for hydroxylation is 1. The van der Waals surface area contributed by atoms with Gasteiger partial charge in [0, 0.05) is 16.5 Å². The normalized spacial score (nSPS) is 17.5. The third kappa shape index (κ3) is 2.86. The summed E-state index contributed by atoms with van der Waals surface area (Å²) in [7, 11) is 0. The molecule has 0 bridgehead atoms. The number of Topliss-reactive ketones (excluding diaryl/α,β-unsaturated/α-hetero) is 1. The Hall–Kier alpha value is -2.84. The molecule has 1 atom stereocenters. The van der Waals surface area contributed by atoms with Crippen LogP contribution in [0.4, 0.5) is 0 Å². The van der Waals surface area contributed by atoms with Crippen LogP contribution in [0.5, 0.6) is 0 Å². The summed E-state index contributed by atoms with van der Waals surface area (Å²) >= 11 is 6.42. The molecule has 0 saturated heterocycles. The first-order valence-corrected chi connectivity index (χ1v) is 8.07. The second-order valence-corrected chi connectivity index (χ2v) is 6.37. The zero-order valence-corrected chi connectivity index (χ0v) is 14.8. The van der Waals surface area contributed by atoms with Crippen LogP contribution >= 0.6 is 11.6 Å². The number of rotatable bonds is 2. The van der Waals surface area contributed by atoms with Crippen LogP contribution in [0, 0.1) is 18.3 Å². The summed E-state index contributed by atoms with van der Waals surface area (Å²) in [6, 6.07) is 9.72. The van der Waals surface area contributed by atoms with E-state index in [4.69, 9.17) is 22.1 Å². The Morgan fingerprint density at radius 1 is 1.36 bits per heavy atom. The second-order valence-electron chi connectivity index (χ2n) is 6.02. The van der Waals surface area contributed by atoms with Gasteiger partial charge in [-0.15, -0.1) is 0 Å². The number of halogens is 1. The number of ether oxygens (including phenoxy) is 1. The van der Waals surface area contributed by atoms with E-state index in [0.29, 0.717) is 16.9 Å². The van der Waals surface area contributed by atoms with Crippen molar-refractivity contribution in [1.29, 1.82) is 5.26 Å². The van der Waals surface area contributed by atoms with E-state index >= 15 is 0 Å². The van der Waals surface area contributed by atoms with E-state index in [-0.39, 0.29) is 22.4 Å². The molecule has 2 N–H and O–H groups in total. The number of benzene rings is 1. The molecule has 5 nitrogen and oxygen atoms in total. The number of pyridine rings is 1. The topological polar surface area (TPSA) is 89.0 Å². The summed E-state index contributed by atoms with van der Waals surface area (Å²) in [6.07, 6.45) is 0. The van der Waals surface area contributed by atoms with Gasteiger partial charge in [-0.3, -0.25) is 4.79 Å². The number of aromatic nitrogens is 1. The molecule has 0 fully saturated rings. The fourth-order valence-electron chi connectivity index (χ4n) is 3.12. The third-order valence-electron chi connectivity index (χ3n) is 4.25. The van der Waals surface area contributed by atoms with Gasteiger partial charge >= 0.3 is 0 Å². The molecule has 1 aromatic heterocycles. The predicted molar refractivity (Wildman–Crippen MR) is 95.5 cm³/mol. The minimum absolute atomic E-state index is 0.0185. The molecule has 0 amide bonds. The van der Waals surface area contributed by atoms with E-state index < -0.39 is 5.92 Å². The fraction of sp³-hybridized carbons (Fsp3) is 0.211. The van der Waals surface area contributed by atoms with Crippen molar-refractivity contribution in [2.45, 2.75) is 26.7 Å². The number of hydrogen-bond donors (Lipinski definition) is 1. The van der Waals surface area contributed by atoms with E-state index in [1.165, 1.54) is 6.92 Å². The molecule has 3 rings (SSSR count). The van der Waals surface area contributed by atoms with Crippen molar-refractivity contribution in [3.63, 3.8) is 0 Å². The molecule has 2 heterocycles. The molecule has 1 aliphatic rings. The number of fused-ring (bicyclic) bond motifs is 1. The number of nitrogens with zero attached hydrogens (tertiary/aromatic N) is 2. The largest absolute Gasteiger partial charge is 0.445 e. The van der Waals surface area contributed by atoms with Crippen molar-refractivity contribution < 1.29 is 9.53 Å². The van der Waals surface area contributed by atoms with Gasteiger partial charge in [0.15, 0.2) is 5.78 Å². The average molecular weight is 354 g/mol. The minimum atomic E-state index is -0.693. The zero-order chi connectivity index (χ0) is 18.3. The summed E-state index contributed by atoms with van der Waals surface area (Å²) in [5.74, 6) is -0.547. The van der Waals surface area contributed by atoms with E-state index in [1.54, 1.807) is 6.92 Å². The molecule has 1 aromatic carbocycles. The maximum Gasteiger partial charge on any atom is 0.205 e.